The average Bonchev–Trinajstić information content (AvgIpc) is 1.68. The van der Waals surface area contributed by atoms with Crippen LogP contribution in [-0.2, 0) is 4.74 Å². The van der Waals surface area contributed by atoms with E-state index in [9.17, 15) is 0 Å². The molecule has 0 rings (SSSR count). The minimum absolute atomic E-state index is 0.0880. The summed E-state index contributed by atoms with van der Waals surface area (Å²) in [5.41, 5.74) is 1.44. The van der Waals surface area contributed by atoms with Crippen LogP contribution in [0.4, 0.5) is 0 Å². The van der Waals surface area contributed by atoms with Gasteiger partial charge in [-0.1, -0.05) is 11.6 Å². The van der Waals surface area contributed by atoms with E-state index in [-0.39, 0.29) is 6.10 Å². The maximum atomic E-state index is 5.25. The number of hydrogen-bond acceptors (Lipinski definition) is 1. The van der Waals surface area contributed by atoms with Crippen LogP contribution in [0.5, 0.6) is 0 Å². The van der Waals surface area contributed by atoms with Crippen LogP contribution in [0.15, 0.2) is 11.6 Å². The van der Waals surface area contributed by atoms with Crippen LogP contribution in [-0.4, -0.2) is 12.7 Å². The zero-order chi connectivity index (χ0) is 6.41. The monoisotopic (exact) mass is 133 g/mol. The molecule has 1 unspecified atom stereocenters. The zero-order valence-corrected chi connectivity index (χ0v) is 5.69. The maximum Gasteiger partial charge on any atom is 0.0739 e. The number of ether oxygens (including phenoxy) is 1. The molecule has 0 fully saturated rings. The summed E-state index contributed by atoms with van der Waals surface area (Å²) in [6, 6.07) is 0. The second kappa shape index (κ2) is 5.13. The van der Waals surface area contributed by atoms with Gasteiger partial charge in [-0.25, -0.2) is 0 Å². The molecular weight excluding hydrogens is 124 g/mol. The van der Waals surface area contributed by atoms with Gasteiger partial charge in [-0.15, -0.1) is 0 Å². The predicted molar refractivity (Wildman–Crippen MR) is 35.8 cm³/mol. The highest BCUT2D eigenvalue weighted by atomic mass is 35.5. The Kier molecular flexibility index (Phi) is 5.13. The van der Waals surface area contributed by atoms with E-state index in [2.05, 4.69) is 6.92 Å². The van der Waals surface area contributed by atoms with E-state index in [0.29, 0.717) is 6.61 Å². The van der Waals surface area contributed by atoms with Gasteiger partial charge >= 0.3 is 0 Å². The molecule has 2 heteroatoms. The molecule has 1 radical (unpaired) electrons. The van der Waals surface area contributed by atoms with Crippen LogP contribution < -0.4 is 0 Å². The molecule has 0 spiro atoms. The zero-order valence-electron chi connectivity index (χ0n) is 4.93. The van der Waals surface area contributed by atoms with Crippen molar-refractivity contribution in [1.82, 2.24) is 0 Å². The summed E-state index contributed by atoms with van der Waals surface area (Å²) in [7, 11) is 0. The van der Waals surface area contributed by atoms with E-state index in [1.807, 2.05) is 6.92 Å². The van der Waals surface area contributed by atoms with Gasteiger partial charge in [-0.05, 0) is 19.9 Å². The molecule has 0 saturated heterocycles. The van der Waals surface area contributed by atoms with Crippen molar-refractivity contribution in [2.24, 2.45) is 0 Å². The molecule has 0 heterocycles. The number of hydrogen-bond donors (Lipinski definition) is 0. The lowest BCUT2D eigenvalue weighted by Crippen LogP contribution is -2.02. The molecule has 0 aliphatic carbocycles. The molecule has 8 heavy (non-hydrogen) atoms. The summed E-state index contributed by atoms with van der Waals surface area (Å²) in [6.45, 7) is 5.90. The highest BCUT2D eigenvalue weighted by Crippen LogP contribution is 1.92. The lowest BCUT2D eigenvalue weighted by atomic mass is 10.4. The van der Waals surface area contributed by atoms with Gasteiger partial charge < -0.3 is 4.74 Å². The molecule has 0 N–H and O–H groups in total. The molecule has 0 amide bonds. The van der Waals surface area contributed by atoms with Gasteiger partial charge in [0.2, 0.25) is 0 Å². The fourth-order valence-electron chi connectivity index (χ4n) is 0.344. The standard InChI is InChI=1S/C6H10ClO/c1-3-8-6(2)4-5-7/h4-6H,1,3H2,2H3. The second-order valence-electron chi connectivity index (χ2n) is 1.39. The fourth-order valence-corrected chi connectivity index (χ4v) is 0.549. The average molecular weight is 134 g/mol. The lowest BCUT2D eigenvalue weighted by molar-refractivity contribution is 0.122. The number of rotatable bonds is 3. The first-order chi connectivity index (χ1) is 3.81. The smallest absolute Gasteiger partial charge is 0.0739 e. The molecule has 0 bridgehead atoms. The van der Waals surface area contributed by atoms with Gasteiger partial charge in [-0.3, -0.25) is 0 Å². The Balaban J connectivity index is 3.17. The van der Waals surface area contributed by atoms with Gasteiger partial charge in [0.1, 0.15) is 0 Å². The van der Waals surface area contributed by atoms with Gasteiger partial charge in [0.25, 0.3) is 0 Å². The summed E-state index contributed by atoms with van der Waals surface area (Å²) in [5, 5.41) is 0. The van der Waals surface area contributed by atoms with Crippen molar-refractivity contribution in [1.29, 1.82) is 0 Å². The van der Waals surface area contributed by atoms with Crippen LogP contribution in [0.1, 0.15) is 6.92 Å². The predicted octanol–water partition coefficient (Wildman–Crippen LogP) is 1.98. The molecule has 1 atom stereocenters. The molecule has 0 aromatic heterocycles. The van der Waals surface area contributed by atoms with Crippen molar-refractivity contribution in [2.75, 3.05) is 6.61 Å². The Morgan fingerprint density at radius 3 is 2.88 bits per heavy atom. The SMILES string of the molecule is [CH2]COC(C)C=CCl. The molecule has 0 saturated carbocycles. The van der Waals surface area contributed by atoms with E-state index in [4.69, 9.17) is 16.3 Å². The summed E-state index contributed by atoms with van der Waals surface area (Å²) in [4.78, 5) is 0. The third kappa shape index (κ3) is 4.16. The summed E-state index contributed by atoms with van der Waals surface area (Å²) in [5.74, 6) is 0. The Morgan fingerprint density at radius 1 is 1.88 bits per heavy atom. The van der Waals surface area contributed by atoms with Crippen molar-refractivity contribution >= 4 is 11.6 Å². The maximum absolute atomic E-state index is 5.25. The van der Waals surface area contributed by atoms with Crippen LogP contribution in [0.3, 0.4) is 0 Å². The summed E-state index contributed by atoms with van der Waals surface area (Å²) < 4.78 is 5.00. The van der Waals surface area contributed by atoms with Crippen molar-refractivity contribution in [3.63, 3.8) is 0 Å². The Bertz CT molecular complexity index is 70.9. The Morgan fingerprint density at radius 2 is 2.50 bits per heavy atom. The molecule has 0 aliphatic heterocycles. The first kappa shape index (κ1) is 7.99. The quantitative estimate of drug-likeness (QED) is 0.572. The fraction of sp³-hybridized carbons (Fsp3) is 0.500. The van der Waals surface area contributed by atoms with Crippen LogP contribution in [0.25, 0.3) is 0 Å². The van der Waals surface area contributed by atoms with Gasteiger partial charge in [-0.2, -0.15) is 0 Å². The van der Waals surface area contributed by atoms with Gasteiger partial charge in [0.15, 0.2) is 0 Å². The van der Waals surface area contributed by atoms with E-state index >= 15 is 0 Å². The van der Waals surface area contributed by atoms with Crippen LogP contribution >= 0.6 is 11.6 Å². The highest BCUT2D eigenvalue weighted by Gasteiger charge is 1.89. The molecule has 0 aromatic rings. The van der Waals surface area contributed by atoms with E-state index in [1.165, 1.54) is 5.54 Å². The van der Waals surface area contributed by atoms with Crippen LogP contribution in [0, 0.1) is 6.92 Å². The minimum Gasteiger partial charge on any atom is -0.374 e. The van der Waals surface area contributed by atoms with Crippen molar-refractivity contribution in [2.45, 2.75) is 13.0 Å². The van der Waals surface area contributed by atoms with Crippen molar-refractivity contribution in [3.8, 4) is 0 Å². The molecule has 47 valence electrons. The Hall–Kier alpha value is -0.0100. The summed E-state index contributed by atoms with van der Waals surface area (Å²) in [6.07, 6.45) is 1.84. The third-order valence-corrected chi connectivity index (χ3v) is 0.870. The Labute approximate surface area is 55.3 Å². The molecular formula is C6H10ClO. The largest absolute Gasteiger partial charge is 0.374 e. The topological polar surface area (TPSA) is 9.23 Å². The second-order valence-corrected chi connectivity index (χ2v) is 1.65. The van der Waals surface area contributed by atoms with Gasteiger partial charge in [0.05, 0.1) is 6.10 Å². The van der Waals surface area contributed by atoms with Crippen molar-refractivity contribution < 1.29 is 4.74 Å². The summed E-state index contributed by atoms with van der Waals surface area (Å²) >= 11 is 5.25. The lowest BCUT2D eigenvalue weighted by Gasteiger charge is -2.02. The molecule has 1 nitrogen and oxygen atoms in total. The minimum atomic E-state index is 0.0880. The first-order valence-electron chi connectivity index (χ1n) is 2.49. The first-order valence-corrected chi connectivity index (χ1v) is 2.92. The van der Waals surface area contributed by atoms with Crippen molar-refractivity contribution in [3.05, 3.63) is 18.5 Å². The molecule has 0 aliphatic rings. The number of halogens is 1. The van der Waals surface area contributed by atoms with E-state index < -0.39 is 0 Å². The van der Waals surface area contributed by atoms with Gasteiger partial charge in [0, 0.05) is 12.1 Å². The third-order valence-electron chi connectivity index (χ3n) is 0.724. The van der Waals surface area contributed by atoms with E-state index in [0.717, 1.165) is 0 Å². The normalized spacial score (nSPS) is 14.9. The van der Waals surface area contributed by atoms with E-state index in [1.54, 1.807) is 6.08 Å². The molecule has 0 aromatic carbocycles. The van der Waals surface area contributed by atoms with Crippen LogP contribution in [0.2, 0.25) is 0 Å². The highest BCUT2D eigenvalue weighted by molar-refractivity contribution is 6.25.